The van der Waals surface area contributed by atoms with E-state index in [4.69, 9.17) is 55.9 Å². The molecule has 0 bridgehead atoms. The lowest BCUT2D eigenvalue weighted by Crippen LogP contribution is -2.17. The van der Waals surface area contributed by atoms with Crippen LogP contribution in [0.5, 0.6) is 11.5 Å². The van der Waals surface area contributed by atoms with E-state index in [0.29, 0.717) is 51.3 Å². The number of rotatable bonds is 10. The van der Waals surface area contributed by atoms with Crippen molar-refractivity contribution in [1.82, 2.24) is 5.32 Å². The van der Waals surface area contributed by atoms with Crippen molar-refractivity contribution >= 4 is 46.4 Å². The van der Waals surface area contributed by atoms with Crippen molar-refractivity contribution in [3.63, 3.8) is 0 Å². The lowest BCUT2D eigenvalue weighted by atomic mass is 10.1. The molecule has 3 nitrogen and oxygen atoms in total. The fraction of sp³-hybridized carbons (Fsp3) is 0.250. The van der Waals surface area contributed by atoms with Crippen LogP contribution in [0.4, 0.5) is 0 Å². The molecule has 0 amide bonds. The van der Waals surface area contributed by atoms with E-state index in [1.165, 1.54) is 0 Å². The van der Waals surface area contributed by atoms with E-state index < -0.39 is 0 Å². The second kappa shape index (κ2) is 11.8. The molecule has 0 heterocycles. The molecule has 0 saturated carbocycles. The first-order valence-corrected chi connectivity index (χ1v) is 11.4. The minimum atomic E-state index is 0.347. The molecule has 0 unspecified atom stereocenters. The normalized spacial score (nSPS) is 10.9. The highest BCUT2D eigenvalue weighted by atomic mass is 35.5. The highest BCUT2D eigenvalue weighted by molar-refractivity contribution is 6.35. The molecule has 3 aromatic rings. The van der Waals surface area contributed by atoms with Gasteiger partial charge in [-0.15, -0.1) is 0 Å². The van der Waals surface area contributed by atoms with Crippen LogP contribution >= 0.6 is 46.4 Å². The number of ether oxygens (including phenoxy) is 2. The molecule has 0 aliphatic carbocycles. The van der Waals surface area contributed by atoms with Gasteiger partial charge in [-0.1, -0.05) is 64.6 Å². The van der Waals surface area contributed by atoms with Crippen molar-refractivity contribution in [2.24, 2.45) is 0 Å². The number of nitrogens with one attached hydrogen (secondary N) is 1. The van der Waals surface area contributed by atoms with Crippen LogP contribution in [-0.2, 0) is 19.6 Å². The number of halogens is 4. The summed E-state index contributed by atoms with van der Waals surface area (Å²) in [5.74, 6) is 1.15. The first-order chi connectivity index (χ1) is 15.0. The third-order valence-electron chi connectivity index (χ3n) is 4.56. The van der Waals surface area contributed by atoms with Crippen LogP contribution in [0.2, 0.25) is 20.1 Å². The third-order valence-corrected chi connectivity index (χ3v) is 5.66. The van der Waals surface area contributed by atoms with E-state index in [2.05, 4.69) is 5.32 Å². The standard InChI is InChI=1S/C24H23Cl4NO2/c1-2-30-23-12-17(14-29-9-8-18-6-7-20(26)13-21(18)27)11-22(28)24(23)31-15-16-4-3-5-19(25)10-16/h3-7,10-13,29H,2,8-9,14-15H2,1H3. The van der Waals surface area contributed by atoms with Crippen molar-refractivity contribution in [2.45, 2.75) is 26.5 Å². The number of hydrogen-bond donors (Lipinski definition) is 1. The molecule has 0 aliphatic heterocycles. The van der Waals surface area contributed by atoms with Crippen LogP contribution in [0, 0.1) is 0 Å². The predicted octanol–water partition coefficient (Wildman–Crippen LogP) is 7.61. The molecule has 0 atom stereocenters. The highest BCUT2D eigenvalue weighted by Gasteiger charge is 2.13. The van der Waals surface area contributed by atoms with E-state index in [0.717, 1.165) is 29.7 Å². The Balaban J connectivity index is 1.62. The molecule has 0 aliphatic rings. The Morgan fingerprint density at radius 3 is 2.35 bits per heavy atom. The van der Waals surface area contributed by atoms with Crippen LogP contribution in [0.3, 0.4) is 0 Å². The first-order valence-electron chi connectivity index (χ1n) is 9.93. The Morgan fingerprint density at radius 1 is 0.806 bits per heavy atom. The van der Waals surface area contributed by atoms with Crippen molar-refractivity contribution < 1.29 is 9.47 Å². The van der Waals surface area contributed by atoms with Gasteiger partial charge in [0.15, 0.2) is 11.5 Å². The molecule has 0 saturated heterocycles. The average molecular weight is 499 g/mol. The van der Waals surface area contributed by atoms with Gasteiger partial charge in [0.2, 0.25) is 0 Å². The zero-order valence-electron chi connectivity index (χ0n) is 17.1. The topological polar surface area (TPSA) is 30.5 Å². The molecule has 0 fully saturated rings. The van der Waals surface area contributed by atoms with Gasteiger partial charge < -0.3 is 14.8 Å². The van der Waals surface area contributed by atoms with E-state index in [-0.39, 0.29) is 0 Å². The molecular formula is C24H23Cl4NO2. The minimum Gasteiger partial charge on any atom is -0.490 e. The smallest absolute Gasteiger partial charge is 0.180 e. The van der Waals surface area contributed by atoms with Gasteiger partial charge in [0.05, 0.1) is 11.6 Å². The van der Waals surface area contributed by atoms with Crippen molar-refractivity contribution in [3.05, 3.63) is 91.4 Å². The van der Waals surface area contributed by atoms with Gasteiger partial charge in [0.1, 0.15) is 6.61 Å². The molecule has 31 heavy (non-hydrogen) atoms. The maximum absolute atomic E-state index is 6.52. The Kier molecular flexibility index (Phi) is 9.18. The summed E-state index contributed by atoms with van der Waals surface area (Å²) in [6, 6.07) is 16.9. The zero-order valence-corrected chi connectivity index (χ0v) is 20.1. The maximum Gasteiger partial charge on any atom is 0.180 e. The van der Waals surface area contributed by atoms with Gasteiger partial charge in [-0.25, -0.2) is 0 Å². The summed E-state index contributed by atoms with van der Waals surface area (Å²) in [4.78, 5) is 0. The average Bonchev–Trinajstić information content (AvgIpc) is 2.72. The van der Waals surface area contributed by atoms with Crippen molar-refractivity contribution in [3.8, 4) is 11.5 Å². The number of hydrogen-bond acceptors (Lipinski definition) is 3. The Morgan fingerprint density at radius 2 is 1.61 bits per heavy atom. The number of benzene rings is 3. The summed E-state index contributed by atoms with van der Waals surface area (Å²) in [6.45, 7) is 4.18. The molecule has 0 aromatic heterocycles. The predicted molar refractivity (Wildman–Crippen MR) is 130 cm³/mol. The Bertz CT molecular complexity index is 1030. The molecule has 0 radical (unpaired) electrons. The fourth-order valence-corrected chi connectivity index (χ4v) is 4.09. The van der Waals surface area contributed by atoms with E-state index in [1.54, 1.807) is 6.07 Å². The lowest BCUT2D eigenvalue weighted by Gasteiger charge is -2.16. The van der Waals surface area contributed by atoms with Gasteiger partial charge in [-0.2, -0.15) is 0 Å². The summed E-state index contributed by atoms with van der Waals surface area (Å²) >= 11 is 24.8. The van der Waals surface area contributed by atoms with Crippen LogP contribution in [0.25, 0.3) is 0 Å². The van der Waals surface area contributed by atoms with Crippen LogP contribution in [-0.4, -0.2) is 13.2 Å². The lowest BCUT2D eigenvalue weighted by molar-refractivity contribution is 0.269. The molecule has 164 valence electrons. The molecular weight excluding hydrogens is 476 g/mol. The summed E-state index contributed by atoms with van der Waals surface area (Å²) in [5, 5.41) is 5.90. The van der Waals surface area contributed by atoms with Crippen molar-refractivity contribution in [1.29, 1.82) is 0 Å². The molecule has 1 N–H and O–H groups in total. The maximum atomic E-state index is 6.52. The molecule has 3 aromatic carbocycles. The SMILES string of the molecule is CCOc1cc(CNCCc2ccc(Cl)cc2Cl)cc(Cl)c1OCc1cccc(Cl)c1. The monoisotopic (exact) mass is 497 g/mol. The third kappa shape index (κ3) is 7.20. The largest absolute Gasteiger partial charge is 0.490 e. The van der Waals surface area contributed by atoms with Crippen LogP contribution in [0.1, 0.15) is 23.6 Å². The quantitative estimate of drug-likeness (QED) is 0.292. The Labute approximate surface area is 203 Å². The minimum absolute atomic E-state index is 0.347. The van der Waals surface area contributed by atoms with E-state index >= 15 is 0 Å². The van der Waals surface area contributed by atoms with Gasteiger partial charge in [-0.3, -0.25) is 0 Å². The summed E-state index contributed by atoms with van der Waals surface area (Å²) in [6.07, 6.45) is 0.795. The van der Waals surface area contributed by atoms with E-state index in [1.807, 2.05) is 55.5 Å². The Hall–Kier alpha value is -1.62. The first kappa shape index (κ1) is 24.0. The second-order valence-electron chi connectivity index (χ2n) is 6.92. The van der Waals surface area contributed by atoms with Gasteiger partial charge in [0, 0.05) is 21.6 Å². The second-order valence-corrected chi connectivity index (χ2v) is 8.61. The fourth-order valence-electron chi connectivity index (χ4n) is 3.09. The summed E-state index contributed by atoms with van der Waals surface area (Å²) in [7, 11) is 0. The van der Waals surface area contributed by atoms with Crippen molar-refractivity contribution in [2.75, 3.05) is 13.2 Å². The van der Waals surface area contributed by atoms with Gasteiger partial charge in [-0.05, 0) is 73.0 Å². The van der Waals surface area contributed by atoms with E-state index in [9.17, 15) is 0 Å². The molecule has 0 spiro atoms. The zero-order chi connectivity index (χ0) is 22.2. The summed E-state index contributed by atoms with van der Waals surface area (Å²) in [5.41, 5.74) is 3.01. The molecule has 7 heteroatoms. The highest BCUT2D eigenvalue weighted by Crippen LogP contribution is 2.37. The van der Waals surface area contributed by atoms with Crippen LogP contribution < -0.4 is 14.8 Å². The van der Waals surface area contributed by atoms with Gasteiger partial charge >= 0.3 is 0 Å². The molecule has 3 rings (SSSR count). The van der Waals surface area contributed by atoms with Crippen LogP contribution in [0.15, 0.2) is 54.6 Å². The van der Waals surface area contributed by atoms with Gasteiger partial charge in [0.25, 0.3) is 0 Å². The summed E-state index contributed by atoms with van der Waals surface area (Å²) < 4.78 is 11.7.